The van der Waals surface area contributed by atoms with E-state index in [-0.39, 0.29) is 17.8 Å². The SMILES string of the molecule is COCC1CN(CC2CCN(Cc3ccccn3)CC2)C(=O)N(c2cccc(C(=N)N)c2)C1. The van der Waals surface area contributed by atoms with E-state index in [0.717, 1.165) is 50.4 Å². The zero-order valence-corrected chi connectivity index (χ0v) is 19.3. The molecule has 0 saturated carbocycles. The number of piperidine rings is 1. The quantitative estimate of drug-likeness (QED) is 0.476. The molecule has 1 aromatic heterocycles. The molecule has 2 fully saturated rings. The van der Waals surface area contributed by atoms with E-state index in [9.17, 15) is 4.79 Å². The molecule has 8 nitrogen and oxygen atoms in total. The molecule has 0 bridgehead atoms. The maximum Gasteiger partial charge on any atom is 0.324 e. The van der Waals surface area contributed by atoms with Crippen LogP contribution >= 0.6 is 0 Å². The number of hydrogen-bond donors (Lipinski definition) is 2. The number of nitrogen functional groups attached to an aromatic ring is 1. The van der Waals surface area contributed by atoms with E-state index in [1.165, 1.54) is 0 Å². The van der Waals surface area contributed by atoms with Crippen molar-refractivity contribution in [3.8, 4) is 0 Å². The van der Waals surface area contributed by atoms with Crippen molar-refractivity contribution >= 4 is 17.6 Å². The first-order valence-corrected chi connectivity index (χ1v) is 11.7. The highest BCUT2D eigenvalue weighted by Crippen LogP contribution is 2.27. The molecule has 33 heavy (non-hydrogen) atoms. The lowest BCUT2D eigenvalue weighted by atomic mass is 9.95. The molecular weight excluding hydrogens is 416 g/mol. The van der Waals surface area contributed by atoms with Gasteiger partial charge in [-0.3, -0.25) is 20.2 Å². The van der Waals surface area contributed by atoms with Gasteiger partial charge >= 0.3 is 6.03 Å². The lowest BCUT2D eigenvalue weighted by Gasteiger charge is -2.42. The maximum absolute atomic E-state index is 13.4. The molecule has 0 radical (unpaired) electrons. The zero-order chi connectivity index (χ0) is 23.2. The standard InChI is InChI=1S/C25H34N6O2/c1-33-18-20-15-30(25(32)31(16-20)23-7-4-5-21(13-23)24(26)27)14-19-8-11-29(12-9-19)17-22-6-2-3-10-28-22/h2-7,10,13,19-20H,8-9,11-12,14-18H2,1H3,(H3,26,27). The average molecular weight is 451 g/mol. The van der Waals surface area contributed by atoms with E-state index in [0.29, 0.717) is 31.2 Å². The van der Waals surface area contributed by atoms with E-state index >= 15 is 0 Å². The second kappa shape index (κ2) is 10.8. The van der Waals surface area contributed by atoms with Gasteiger partial charge in [0, 0.05) is 56.7 Å². The Morgan fingerprint density at radius 3 is 2.67 bits per heavy atom. The molecule has 2 aliphatic rings. The summed E-state index contributed by atoms with van der Waals surface area (Å²) < 4.78 is 5.44. The van der Waals surface area contributed by atoms with Crippen LogP contribution in [0.2, 0.25) is 0 Å². The normalized spacial score (nSPS) is 20.3. The van der Waals surface area contributed by atoms with E-state index < -0.39 is 0 Å². The Morgan fingerprint density at radius 1 is 1.15 bits per heavy atom. The topological polar surface area (TPSA) is 98.8 Å². The van der Waals surface area contributed by atoms with Crippen LogP contribution < -0.4 is 10.6 Å². The fourth-order valence-electron chi connectivity index (χ4n) is 4.86. The number of amides is 2. The van der Waals surface area contributed by atoms with E-state index in [4.69, 9.17) is 15.9 Å². The van der Waals surface area contributed by atoms with Crippen LogP contribution in [0.3, 0.4) is 0 Å². The minimum atomic E-state index is 0.00377. The summed E-state index contributed by atoms with van der Waals surface area (Å²) in [5, 5.41) is 7.73. The summed E-state index contributed by atoms with van der Waals surface area (Å²) >= 11 is 0. The number of hydrogen-bond acceptors (Lipinski definition) is 5. The summed E-state index contributed by atoms with van der Waals surface area (Å²) in [6, 6.07) is 13.5. The number of carbonyl (C=O) groups is 1. The highest BCUT2D eigenvalue weighted by Gasteiger charge is 2.34. The molecule has 1 unspecified atom stereocenters. The second-order valence-corrected chi connectivity index (χ2v) is 9.12. The molecule has 2 aromatic rings. The summed E-state index contributed by atoms with van der Waals surface area (Å²) in [4.78, 5) is 24.1. The van der Waals surface area contributed by atoms with Crippen molar-refractivity contribution in [1.29, 1.82) is 5.41 Å². The predicted molar refractivity (Wildman–Crippen MR) is 129 cm³/mol. The van der Waals surface area contributed by atoms with Gasteiger partial charge in [0.1, 0.15) is 5.84 Å². The van der Waals surface area contributed by atoms with Gasteiger partial charge in [0.05, 0.1) is 12.3 Å². The van der Waals surface area contributed by atoms with Gasteiger partial charge in [0.15, 0.2) is 0 Å². The van der Waals surface area contributed by atoms with Gasteiger partial charge in [-0.1, -0.05) is 18.2 Å². The third-order valence-electron chi connectivity index (χ3n) is 6.59. The van der Waals surface area contributed by atoms with Crippen molar-refractivity contribution in [3.63, 3.8) is 0 Å². The van der Waals surface area contributed by atoms with Gasteiger partial charge in [-0.25, -0.2) is 4.79 Å². The monoisotopic (exact) mass is 450 g/mol. The molecule has 2 amide bonds. The van der Waals surface area contributed by atoms with E-state index in [1.807, 2.05) is 46.3 Å². The smallest absolute Gasteiger partial charge is 0.324 e. The number of anilines is 1. The highest BCUT2D eigenvalue weighted by molar-refractivity contribution is 5.98. The number of ether oxygens (including phenoxy) is 1. The Balaban J connectivity index is 1.39. The van der Waals surface area contributed by atoms with Crippen LogP contribution in [0.1, 0.15) is 24.1 Å². The van der Waals surface area contributed by atoms with Crippen LogP contribution in [0.15, 0.2) is 48.7 Å². The molecular formula is C25H34N6O2. The number of methoxy groups -OCH3 is 1. The first-order valence-electron chi connectivity index (χ1n) is 11.7. The van der Waals surface area contributed by atoms with Crippen LogP contribution in [0.4, 0.5) is 10.5 Å². The molecule has 2 aliphatic heterocycles. The van der Waals surface area contributed by atoms with Crippen LogP contribution in [0.5, 0.6) is 0 Å². The number of amidine groups is 1. The van der Waals surface area contributed by atoms with Crippen molar-refractivity contribution in [2.75, 3.05) is 51.3 Å². The molecule has 8 heteroatoms. The minimum absolute atomic E-state index is 0.00377. The molecule has 3 heterocycles. The molecule has 1 aromatic carbocycles. The first kappa shape index (κ1) is 23.2. The number of nitrogens with two attached hydrogens (primary N) is 1. The van der Waals surface area contributed by atoms with Gasteiger partial charge in [-0.2, -0.15) is 0 Å². The summed E-state index contributed by atoms with van der Waals surface area (Å²) in [6.45, 7) is 5.61. The predicted octanol–water partition coefficient (Wildman–Crippen LogP) is 2.78. The number of rotatable bonds is 8. The third-order valence-corrected chi connectivity index (χ3v) is 6.59. The first-order chi connectivity index (χ1) is 16.0. The van der Waals surface area contributed by atoms with Gasteiger partial charge in [0.25, 0.3) is 0 Å². The van der Waals surface area contributed by atoms with E-state index in [1.54, 1.807) is 13.2 Å². The minimum Gasteiger partial charge on any atom is -0.384 e. The molecule has 4 rings (SSSR count). The van der Waals surface area contributed by atoms with Crippen molar-refractivity contribution in [3.05, 3.63) is 59.9 Å². The lowest BCUT2D eigenvalue weighted by molar-refractivity contribution is 0.0984. The van der Waals surface area contributed by atoms with Gasteiger partial charge in [-0.05, 0) is 56.1 Å². The van der Waals surface area contributed by atoms with Gasteiger partial charge in [-0.15, -0.1) is 0 Å². The van der Waals surface area contributed by atoms with Gasteiger partial charge < -0.3 is 15.4 Å². The fraction of sp³-hybridized carbons (Fsp3) is 0.480. The molecule has 0 spiro atoms. The Labute approximate surface area is 195 Å². The number of benzene rings is 1. The van der Waals surface area contributed by atoms with E-state index in [2.05, 4.69) is 16.0 Å². The summed E-state index contributed by atoms with van der Waals surface area (Å²) in [7, 11) is 1.71. The molecule has 2 saturated heterocycles. The second-order valence-electron chi connectivity index (χ2n) is 9.12. The number of nitrogens with zero attached hydrogens (tertiary/aromatic N) is 4. The molecule has 0 aliphatic carbocycles. The van der Waals surface area contributed by atoms with Crippen LogP contribution in [0, 0.1) is 17.2 Å². The maximum atomic E-state index is 13.4. The van der Waals surface area contributed by atoms with Crippen LogP contribution in [-0.4, -0.2) is 73.1 Å². The summed E-state index contributed by atoms with van der Waals surface area (Å²) in [6.07, 6.45) is 4.00. The molecule has 176 valence electrons. The van der Waals surface area contributed by atoms with Crippen molar-refractivity contribution < 1.29 is 9.53 Å². The lowest BCUT2D eigenvalue weighted by Crippen LogP contribution is -2.56. The Hall–Kier alpha value is -2.97. The number of aromatic nitrogens is 1. The Morgan fingerprint density at radius 2 is 1.97 bits per heavy atom. The van der Waals surface area contributed by atoms with Crippen molar-refractivity contribution in [1.82, 2.24) is 14.8 Å². The Kier molecular flexibility index (Phi) is 7.57. The fourth-order valence-corrected chi connectivity index (χ4v) is 4.86. The number of pyridine rings is 1. The molecule has 1 atom stereocenters. The highest BCUT2D eigenvalue weighted by atomic mass is 16.5. The molecule has 3 N–H and O–H groups in total. The Bertz CT molecular complexity index is 945. The number of likely N-dealkylation sites (tertiary alicyclic amines) is 1. The van der Waals surface area contributed by atoms with Crippen LogP contribution in [-0.2, 0) is 11.3 Å². The summed E-state index contributed by atoms with van der Waals surface area (Å²) in [5.41, 5.74) is 8.19. The average Bonchev–Trinajstić information content (AvgIpc) is 2.83. The van der Waals surface area contributed by atoms with Crippen molar-refractivity contribution in [2.24, 2.45) is 17.6 Å². The van der Waals surface area contributed by atoms with Crippen LogP contribution in [0.25, 0.3) is 0 Å². The number of carbonyl (C=O) groups excluding carboxylic acids is 1. The van der Waals surface area contributed by atoms with Gasteiger partial charge in [0.2, 0.25) is 0 Å². The van der Waals surface area contributed by atoms with Crippen molar-refractivity contribution in [2.45, 2.75) is 19.4 Å². The largest absolute Gasteiger partial charge is 0.384 e. The number of nitrogens with one attached hydrogen (secondary N) is 1. The third kappa shape index (κ3) is 5.89. The number of urea groups is 1. The zero-order valence-electron chi connectivity index (χ0n) is 19.3. The summed E-state index contributed by atoms with van der Waals surface area (Å²) in [5.74, 6) is 0.725.